The highest BCUT2D eigenvalue weighted by Crippen LogP contribution is 2.40. The van der Waals surface area contributed by atoms with Crippen LogP contribution in [0, 0.1) is 11.5 Å². The van der Waals surface area contributed by atoms with Gasteiger partial charge in [-0.3, -0.25) is 10.1 Å². The first kappa shape index (κ1) is 20.0. The number of thioether (sulfide) groups is 1. The van der Waals surface area contributed by atoms with Crippen LogP contribution >= 0.6 is 11.8 Å². The molecule has 0 aromatic heterocycles. The summed E-state index contributed by atoms with van der Waals surface area (Å²) in [5, 5.41) is 11.7. The molecule has 1 aromatic carbocycles. The molecule has 0 atom stereocenters. The van der Waals surface area contributed by atoms with Crippen molar-refractivity contribution in [3.63, 3.8) is 0 Å². The van der Waals surface area contributed by atoms with Crippen LogP contribution in [-0.2, 0) is 4.74 Å². The van der Waals surface area contributed by atoms with Gasteiger partial charge in [-0.25, -0.2) is 9.79 Å². The number of piperidine rings is 1. The van der Waals surface area contributed by atoms with E-state index in [2.05, 4.69) is 10.3 Å². The second kappa shape index (κ2) is 8.52. The zero-order chi connectivity index (χ0) is 20.1. The maximum atomic E-state index is 12.8. The lowest BCUT2D eigenvalue weighted by Crippen LogP contribution is -2.52. The van der Waals surface area contributed by atoms with Gasteiger partial charge in [0.1, 0.15) is 11.4 Å². The Morgan fingerprint density at radius 1 is 1.46 bits per heavy atom. The van der Waals surface area contributed by atoms with E-state index in [0.717, 1.165) is 0 Å². The molecular weight excluding hydrogens is 380 g/mol. The molecule has 2 heterocycles. The highest BCUT2D eigenvalue weighted by Gasteiger charge is 2.44. The third kappa shape index (κ3) is 4.22. The van der Waals surface area contributed by atoms with Crippen molar-refractivity contribution < 1.29 is 19.1 Å². The molecule has 28 heavy (non-hydrogen) atoms. The second-order valence-corrected chi connectivity index (χ2v) is 7.40. The van der Waals surface area contributed by atoms with Crippen molar-refractivity contribution in [2.24, 2.45) is 4.99 Å². The van der Waals surface area contributed by atoms with Crippen molar-refractivity contribution in [3.8, 4) is 11.9 Å². The van der Waals surface area contributed by atoms with Crippen molar-refractivity contribution in [1.82, 2.24) is 10.2 Å². The van der Waals surface area contributed by atoms with Gasteiger partial charge in [-0.05, 0) is 31.4 Å². The number of ketones is 1. The lowest BCUT2D eigenvalue weighted by molar-refractivity contribution is -0.00858. The van der Waals surface area contributed by atoms with E-state index < -0.39 is 5.60 Å². The van der Waals surface area contributed by atoms with Crippen LogP contribution in [0.4, 0.5) is 10.5 Å². The number of nitrogens with one attached hydrogen (secondary N) is 1. The number of amidine groups is 1. The molecule has 1 fully saturated rings. The quantitative estimate of drug-likeness (QED) is 0.351. The van der Waals surface area contributed by atoms with Crippen molar-refractivity contribution in [1.29, 1.82) is 5.26 Å². The Balaban J connectivity index is 1.75. The third-order valence-electron chi connectivity index (χ3n) is 4.86. The summed E-state index contributed by atoms with van der Waals surface area (Å²) in [6, 6.07) is 5.19. The van der Waals surface area contributed by atoms with Gasteiger partial charge >= 0.3 is 6.09 Å². The molecule has 0 saturated carbocycles. The number of nitriles is 1. The van der Waals surface area contributed by atoms with Gasteiger partial charge in [0.2, 0.25) is 0 Å². The SMILES string of the molecule is CCOC(=O)N1CCC2(CC1)CC(=O)c1cc(N=C(NC#N)SC)ccc1O2. The third-order valence-corrected chi connectivity index (χ3v) is 5.44. The van der Waals surface area contributed by atoms with E-state index in [9.17, 15) is 9.59 Å². The van der Waals surface area contributed by atoms with Crippen LogP contribution in [0.15, 0.2) is 23.2 Å². The number of hydrogen-bond donors (Lipinski definition) is 1. The highest BCUT2D eigenvalue weighted by atomic mass is 32.2. The minimum atomic E-state index is -0.579. The molecular formula is C19H22N4O4S. The number of hydrogen-bond acceptors (Lipinski definition) is 7. The number of Topliss-reactive ketones (excluding diaryl/α,β-unsaturated/α-hetero) is 1. The standard InChI is InChI=1S/C19H22N4O4S/c1-3-26-18(25)23-8-6-19(7-9-23)11-15(24)14-10-13(4-5-16(14)27-19)22-17(28-2)21-12-20/h4-5,10H,3,6-9,11H2,1-2H3,(H,21,22). The monoisotopic (exact) mass is 402 g/mol. The summed E-state index contributed by atoms with van der Waals surface area (Å²) in [5.74, 6) is 0.542. The summed E-state index contributed by atoms with van der Waals surface area (Å²) in [7, 11) is 0. The van der Waals surface area contributed by atoms with E-state index in [4.69, 9.17) is 14.7 Å². The first-order chi connectivity index (χ1) is 13.5. The van der Waals surface area contributed by atoms with E-state index in [0.29, 0.717) is 54.7 Å². The van der Waals surface area contributed by atoms with Crippen molar-refractivity contribution >= 4 is 34.5 Å². The van der Waals surface area contributed by atoms with Crippen LogP contribution in [0.3, 0.4) is 0 Å². The normalized spacial score (nSPS) is 18.1. The van der Waals surface area contributed by atoms with Gasteiger partial charge in [-0.1, -0.05) is 11.8 Å². The van der Waals surface area contributed by atoms with Crippen LogP contribution < -0.4 is 10.1 Å². The van der Waals surface area contributed by atoms with Crippen molar-refractivity contribution in [2.45, 2.75) is 31.8 Å². The Morgan fingerprint density at radius 2 is 2.21 bits per heavy atom. The minimum absolute atomic E-state index is 0.00169. The average Bonchev–Trinajstić information content (AvgIpc) is 2.69. The average molecular weight is 402 g/mol. The maximum absolute atomic E-state index is 12.8. The molecule has 3 rings (SSSR count). The highest BCUT2D eigenvalue weighted by molar-refractivity contribution is 8.13. The van der Waals surface area contributed by atoms with E-state index in [-0.39, 0.29) is 18.3 Å². The number of amides is 1. The Bertz CT molecular complexity index is 841. The second-order valence-electron chi connectivity index (χ2n) is 6.61. The molecule has 1 saturated heterocycles. The van der Waals surface area contributed by atoms with Gasteiger partial charge < -0.3 is 14.4 Å². The van der Waals surface area contributed by atoms with E-state index in [1.807, 2.05) is 12.4 Å². The van der Waals surface area contributed by atoms with Crippen LogP contribution in [0.25, 0.3) is 0 Å². The summed E-state index contributed by atoms with van der Waals surface area (Å²) in [6.07, 6.45) is 4.76. The van der Waals surface area contributed by atoms with Gasteiger partial charge in [0, 0.05) is 25.9 Å². The Hall–Kier alpha value is -2.73. The molecule has 0 aliphatic carbocycles. The molecule has 148 valence electrons. The van der Waals surface area contributed by atoms with Crippen LogP contribution in [0.2, 0.25) is 0 Å². The first-order valence-electron chi connectivity index (χ1n) is 9.06. The Morgan fingerprint density at radius 3 is 2.86 bits per heavy atom. The van der Waals surface area contributed by atoms with E-state index in [1.54, 1.807) is 30.0 Å². The predicted molar refractivity (Wildman–Crippen MR) is 106 cm³/mol. The zero-order valence-electron chi connectivity index (χ0n) is 15.9. The summed E-state index contributed by atoms with van der Waals surface area (Å²) in [4.78, 5) is 30.7. The summed E-state index contributed by atoms with van der Waals surface area (Å²) in [6.45, 7) is 3.12. The number of carbonyl (C=O) groups is 2. The Labute approximate surface area is 167 Å². The molecule has 0 bridgehead atoms. The van der Waals surface area contributed by atoms with Gasteiger partial charge in [0.15, 0.2) is 17.1 Å². The minimum Gasteiger partial charge on any atom is -0.486 e. The van der Waals surface area contributed by atoms with Crippen molar-refractivity contribution in [2.75, 3.05) is 26.0 Å². The topological polar surface area (TPSA) is 104 Å². The van der Waals surface area contributed by atoms with Crippen LogP contribution in [0.5, 0.6) is 5.75 Å². The number of aliphatic imine (C=N–C) groups is 1. The van der Waals surface area contributed by atoms with E-state index >= 15 is 0 Å². The summed E-state index contributed by atoms with van der Waals surface area (Å²) < 4.78 is 11.3. The van der Waals surface area contributed by atoms with E-state index in [1.165, 1.54) is 11.8 Å². The molecule has 9 heteroatoms. The molecule has 2 aliphatic heterocycles. The van der Waals surface area contributed by atoms with Gasteiger partial charge in [-0.15, -0.1) is 0 Å². The number of benzene rings is 1. The summed E-state index contributed by atoms with van der Waals surface area (Å²) in [5.41, 5.74) is 0.498. The molecule has 0 unspecified atom stereocenters. The lowest BCUT2D eigenvalue weighted by atomic mass is 9.82. The predicted octanol–water partition coefficient (Wildman–Crippen LogP) is 3.06. The summed E-state index contributed by atoms with van der Waals surface area (Å²) >= 11 is 1.31. The molecule has 1 N–H and O–H groups in total. The number of fused-ring (bicyclic) bond motifs is 1. The zero-order valence-corrected chi connectivity index (χ0v) is 16.7. The smallest absolute Gasteiger partial charge is 0.409 e. The maximum Gasteiger partial charge on any atom is 0.409 e. The fourth-order valence-electron chi connectivity index (χ4n) is 3.43. The number of nitrogens with zero attached hydrogens (tertiary/aromatic N) is 3. The largest absolute Gasteiger partial charge is 0.486 e. The Kier molecular flexibility index (Phi) is 6.09. The van der Waals surface area contributed by atoms with Gasteiger partial charge in [0.05, 0.1) is 24.3 Å². The molecule has 1 amide bonds. The number of likely N-dealkylation sites (tertiary alicyclic amines) is 1. The van der Waals surface area contributed by atoms with Gasteiger partial charge in [-0.2, -0.15) is 5.26 Å². The lowest BCUT2D eigenvalue weighted by Gasteiger charge is -2.43. The molecule has 8 nitrogen and oxygen atoms in total. The molecule has 1 aromatic rings. The molecule has 2 aliphatic rings. The van der Waals surface area contributed by atoms with Crippen molar-refractivity contribution in [3.05, 3.63) is 23.8 Å². The number of rotatable bonds is 2. The van der Waals surface area contributed by atoms with Crippen LogP contribution in [0.1, 0.15) is 36.5 Å². The molecule has 0 radical (unpaired) electrons. The first-order valence-corrected chi connectivity index (χ1v) is 10.3. The molecule has 1 spiro atoms. The number of carbonyl (C=O) groups excluding carboxylic acids is 2. The number of ether oxygens (including phenoxy) is 2. The van der Waals surface area contributed by atoms with Crippen LogP contribution in [-0.4, -0.2) is 53.5 Å². The van der Waals surface area contributed by atoms with Gasteiger partial charge in [0.25, 0.3) is 0 Å². The fourth-order valence-corrected chi connectivity index (χ4v) is 3.78. The fraction of sp³-hybridized carbons (Fsp3) is 0.474.